The fourth-order valence-corrected chi connectivity index (χ4v) is 3.00. The van der Waals surface area contributed by atoms with Gasteiger partial charge in [0.05, 0.1) is 12.2 Å². The van der Waals surface area contributed by atoms with Crippen molar-refractivity contribution >= 4 is 23.7 Å². The third kappa shape index (κ3) is 1.80. The summed E-state index contributed by atoms with van der Waals surface area (Å²) in [5.41, 5.74) is 3.40. The van der Waals surface area contributed by atoms with Crippen molar-refractivity contribution in [2.24, 2.45) is 0 Å². The summed E-state index contributed by atoms with van der Waals surface area (Å²) in [5, 5.41) is 3.34. The first-order valence-corrected chi connectivity index (χ1v) is 7.06. The van der Waals surface area contributed by atoms with Crippen molar-refractivity contribution in [1.29, 1.82) is 0 Å². The number of rotatable bonds is 1. The molecule has 0 aliphatic carbocycles. The largest absolute Gasteiger partial charge is 0.490 e. The van der Waals surface area contributed by atoms with Gasteiger partial charge < -0.3 is 19.9 Å². The van der Waals surface area contributed by atoms with E-state index in [1.807, 2.05) is 18.2 Å². The average molecular weight is 286 g/mol. The molecule has 0 fully saturated rings. The highest BCUT2D eigenvalue weighted by molar-refractivity contribution is 7.71. The zero-order valence-electron chi connectivity index (χ0n) is 10.8. The second-order valence-corrected chi connectivity index (χ2v) is 5.28. The van der Waals surface area contributed by atoms with Crippen LogP contribution in [0.2, 0.25) is 0 Å². The Bertz CT molecular complexity index is 727. The van der Waals surface area contributed by atoms with Gasteiger partial charge in [-0.15, -0.1) is 0 Å². The minimum Gasteiger partial charge on any atom is -0.490 e. The summed E-state index contributed by atoms with van der Waals surface area (Å²) in [4.78, 5) is 9.93. The lowest BCUT2D eigenvalue weighted by Crippen LogP contribution is -2.30. The Morgan fingerprint density at radius 3 is 3.10 bits per heavy atom. The topological polar surface area (TPSA) is 53.2 Å². The Labute approximate surface area is 121 Å². The Morgan fingerprint density at radius 2 is 2.15 bits per heavy atom. The van der Waals surface area contributed by atoms with Gasteiger partial charge in [0.2, 0.25) is 0 Å². The van der Waals surface area contributed by atoms with Gasteiger partial charge in [0.1, 0.15) is 18.2 Å². The maximum atomic E-state index is 5.71. The molecule has 0 saturated heterocycles. The van der Waals surface area contributed by atoms with Crippen molar-refractivity contribution < 1.29 is 4.74 Å². The van der Waals surface area contributed by atoms with Crippen LogP contribution in [-0.2, 0) is 13.1 Å². The third-order valence-corrected chi connectivity index (χ3v) is 3.88. The molecule has 3 heterocycles. The van der Waals surface area contributed by atoms with Crippen LogP contribution in [0, 0.1) is 4.77 Å². The van der Waals surface area contributed by atoms with E-state index in [4.69, 9.17) is 17.0 Å². The van der Waals surface area contributed by atoms with Gasteiger partial charge in [-0.1, -0.05) is 12.1 Å². The molecule has 0 atom stereocenters. The maximum absolute atomic E-state index is 5.71. The van der Waals surface area contributed by atoms with Crippen LogP contribution in [0.3, 0.4) is 0 Å². The van der Waals surface area contributed by atoms with E-state index in [2.05, 4.69) is 26.3 Å². The molecule has 0 unspecified atom stereocenters. The minimum absolute atomic E-state index is 0.534. The van der Waals surface area contributed by atoms with E-state index in [-0.39, 0.29) is 0 Å². The van der Waals surface area contributed by atoms with E-state index in [0.29, 0.717) is 11.4 Å². The molecule has 1 aromatic heterocycles. The molecule has 1 aromatic carbocycles. The van der Waals surface area contributed by atoms with Crippen LogP contribution in [-0.4, -0.2) is 23.1 Å². The molecule has 6 heteroatoms. The van der Waals surface area contributed by atoms with Crippen molar-refractivity contribution in [2.45, 2.75) is 13.1 Å². The molecule has 2 aliphatic rings. The number of hydrogen-bond acceptors (Lipinski definition) is 5. The van der Waals surface area contributed by atoms with Crippen LogP contribution in [0.15, 0.2) is 24.3 Å². The molecule has 0 saturated carbocycles. The molecule has 0 amide bonds. The molecule has 102 valence electrons. The van der Waals surface area contributed by atoms with Gasteiger partial charge in [0, 0.05) is 24.3 Å². The van der Waals surface area contributed by atoms with Crippen molar-refractivity contribution in [3.8, 4) is 5.75 Å². The number of nitrogens with one attached hydrogen (secondary N) is 2. The summed E-state index contributed by atoms with van der Waals surface area (Å²) in [7, 11) is 0. The molecule has 2 N–H and O–H groups in total. The number of hydrogen-bond donors (Lipinski definition) is 2. The molecule has 20 heavy (non-hydrogen) atoms. The van der Waals surface area contributed by atoms with Gasteiger partial charge in [-0.25, -0.2) is 4.98 Å². The first kappa shape index (κ1) is 11.9. The summed E-state index contributed by atoms with van der Waals surface area (Å²) in [5.74, 6) is 1.85. The first-order chi connectivity index (χ1) is 9.83. The number of anilines is 2. The molecule has 0 spiro atoms. The van der Waals surface area contributed by atoms with Crippen molar-refractivity contribution in [3.63, 3.8) is 0 Å². The Balaban J connectivity index is 1.89. The third-order valence-electron chi connectivity index (χ3n) is 3.69. The van der Waals surface area contributed by atoms with Crippen molar-refractivity contribution in [3.05, 3.63) is 40.3 Å². The van der Waals surface area contributed by atoms with E-state index >= 15 is 0 Å². The van der Waals surface area contributed by atoms with E-state index in [9.17, 15) is 0 Å². The summed E-state index contributed by atoms with van der Waals surface area (Å²) in [6.45, 7) is 3.09. The van der Waals surface area contributed by atoms with Gasteiger partial charge in [-0.05, 0) is 24.4 Å². The lowest BCUT2D eigenvalue weighted by Gasteiger charge is -2.31. The molecule has 0 bridgehead atoms. The zero-order valence-corrected chi connectivity index (χ0v) is 11.7. The normalized spacial score (nSPS) is 16.5. The number of para-hydroxylation sites is 2. The highest BCUT2D eigenvalue weighted by Crippen LogP contribution is 2.37. The number of ether oxygens (including phenoxy) is 1. The molecule has 0 radical (unpaired) electrons. The number of benzene rings is 1. The predicted molar refractivity (Wildman–Crippen MR) is 78.9 cm³/mol. The van der Waals surface area contributed by atoms with Crippen molar-refractivity contribution in [2.75, 3.05) is 18.1 Å². The lowest BCUT2D eigenvalue weighted by atomic mass is 10.2. The van der Waals surface area contributed by atoms with Crippen LogP contribution in [0.25, 0.3) is 0 Å². The fraction of sp³-hybridized carbons (Fsp3) is 0.286. The molecule has 2 aliphatic heterocycles. The van der Waals surface area contributed by atoms with Gasteiger partial charge in [-0.3, -0.25) is 0 Å². The Morgan fingerprint density at radius 1 is 1.25 bits per heavy atom. The summed E-state index contributed by atoms with van der Waals surface area (Å²) in [6.07, 6.45) is 0. The Hall–Kier alpha value is -1.92. The monoisotopic (exact) mass is 286 g/mol. The predicted octanol–water partition coefficient (Wildman–Crippen LogP) is 2.27. The van der Waals surface area contributed by atoms with Crippen LogP contribution < -0.4 is 15.0 Å². The molecule has 2 aromatic rings. The summed E-state index contributed by atoms with van der Waals surface area (Å²) >= 11 is 5.26. The highest BCUT2D eigenvalue weighted by Gasteiger charge is 2.25. The SMILES string of the molecule is S=c1nc(N2CCOc3ccccc32)c2c([nH]1)CNC2. The molecule has 5 nitrogen and oxygen atoms in total. The second-order valence-electron chi connectivity index (χ2n) is 4.89. The second kappa shape index (κ2) is 4.57. The number of H-pyrrole nitrogens is 1. The molecular formula is C14H14N4OS. The van der Waals surface area contributed by atoms with Gasteiger partial charge in [0.15, 0.2) is 4.77 Å². The number of aromatic nitrogens is 2. The van der Waals surface area contributed by atoms with Gasteiger partial charge in [-0.2, -0.15) is 0 Å². The van der Waals surface area contributed by atoms with E-state index in [1.54, 1.807) is 0 Å². The smallest absolute Gasteiger partial charge is 0.199 e. The fourth-order valence-electron chi connectivity index (χ4n) is 2.79. The summed E-state index contributed by atoms with van der Waals surface area (Å²) in [6, 6.07) is 8.05. The van der Waals surface area contributed by atoms with Crippen molar-refractivity contribution in [1.82, 2.24) is 15.3 Å². The maximum Gasteiger partial charge on any atom is 0.199 e. The Kier molecular flexibility index (Phi) is 2.71. The van der Waals surface area contributed by atoms with Crippen LogP contribution in [0.4, 0.5) is 11.5 Å². The van der Waals surface area contributed by atoms with E-state index in [0.717, 1.165) is 42.6 Å². The zero-order chi connectivity index (χ0) is 13.5. The number of aromatic amines is 1. The standard InChI is InChI=1S/C14H14N4OS/c20-14-16-10-8-15-7-9(10)13(17-14)18-5-6-19-12-4-2-1-3-11(12)18/h1-4,15H,5-8H2,(H,16,17,20). The van der Waals surface area contributed by atoms with E-state index < -0.39 is 0 Å². The van der Waals surface area contributed by atoms with Gasteiger partial charge in [0.25, 0.3) is 0 Å². The van der Waals surface area contributed by atoms with Gasteiger partial charge >= 0.3 is 0 Å². The summed E-state index contributed by atoms with van der Waals surface area (Å²) < 4.78 is 6.24. The lowest BCUT2D eigenvalue weighted by molar-refractivity contribution is 0.313. The quantitative estimate of drug-likeness (QED) is 0.788. The number of nitrogens with zero attached hydrogens (tertiary/aromatic N) is 2. The molecule has 4 rings (SSSR count). The first-order valence-electron chi connectivity index (χ1n) is 6.65. The average Bonchev–Trinajstić information content (AvgIpc) is 2.94. The van der Waals surface area contributed by atoms with E-state index in [1.165, 1.54) is 5.56 Å². The van der Waals surface area contributed by atoms with Crippen LogP contribution in [0.1, 0.15) is 11.3 Å². The number of fused-ring (bicyclic) bond motifs is 2. The van der Waals surface area contributed by atoms with Crippen LogP contribution >= 0.6 is 12.2 Å². The van der Waals surface area contributed by atoms with Crippen LogP contribution in [0.5, 0.6) is 5.75 Å². The molecular weight excluding hydrogens is 272 g/mol. The highest BCUT2D eigenvalue weighted by atomic mass is 32.1. The minimum atomic E-state index is 0.534.